The molecule has 0 saturated carbocycles. The summed E-state index contributed by atoms with van der Waals surface area (Å²) in [6.07, 6.45) is 0.886. The van der Waals surface area contributed by atoms with Gasteiger partial charge in [0, 0.05) is 16.7 Å². The molecule has 0 aliphatic heterocycles. The smallest absolute Gasteiger partial charge is 0.188 e. The topological polar surface area (TPSA) is 26.3 Å². The predicted octanol–water partition coefficient (Wildman–Crippen LogP) is 3.55. The highest BCUT2D eigenvalue weighted by atomic mass is 16.5. The molecular formula is C14H20O2. The average Bonchev–Trinajstić information content (AvgIpc) is 2.23. The van der Waals surface area contributed by atoms with Crippen molar-refractivity contribution in [3.8, 4) is 0 Å². The lowest BCUT2D eigenvalue weighted by Crippen LogP contribution is -2.18. The zero-order valence-corrected chi connectivity index (χ0v) is 10.8. The van der Waals surface area contributed by atoms with Gasteiger partial charge in [0.2, 0.25) is 0 Å². The maximum absolute atomic E-state index is 11.9. The molecule has 0 unspecified atom stereocenters. The zero-order valence-electron chi connectivity index (χ0n) is 10.8. The van der Waals surface area contributed by atoms with Crippen molar-refractivity contribution >= 4 is 5.78 Å². The molecule has 0 atom stereocenters. The molecular weight excluding hydrogens is 200 g/mol. The minimum atomic E-state index is 0.0467. The maximum atomic E-state index is 11.9. The van der Waals surface area contributed by atoms with Gasteiger partial charge in [0.05, 0.1) is 6.10 Å². The molecule has 0 spiro atoms. The predicted molar refractivity (Wildman–Crippen MR) is 66.1 cm³/mol. The van der Waals surface area contributed by atoms with E-state index < -0.39 is 0 Å². The number of hydrogen-bond acceptors (Lipinski definition) is 2. The van der Waals surface area contributed by atoms with Crippen molar-refractivity contribution in [3.05, 3.63) is 34.6 Å². The molecule has 0 aromatic heterocycles. The van der Waals surface area contributed by atoms with E-state index in [1.165, 1.54) is 0 Å². The Labute approximate surface area is 97.7 Å². The Morgan fingerprint density at radius 1 is 1.25 bits per heavy atom. The SMILES string of the molecule is C=C1C(=O)C(C)=C(C)C(OC(C)C)=C1CC. The van der Waals surface area contributed by atoms with E-state index in [0.717, 1.165) is 28.9 Å². The molecule has 0 heterocycles. The Hall–Kier alpha value is -1.31. The number of carbonyl (C=O) groups is 1. The second-order valence-electron chi connectivity index (χ2n) is 4.39. The van der Waals surface area contributed by atoms with Gasteiger partial charge in [0.15, 0.2) is 5.78 Å². The van der Waals surface area contributed by atoms with Crippen LogP contribution in [0, 0.1) is 0 Å². The summed E-state index contributed by atoms with van der Waals surface area (Å²) in [7, 11) is 0. The van der Waals surface area contributed by atoms with Gasteiger partial charge in [-0.1, -0.05) is 13.5 Å². The normalized spacial score (nSPS) is 17.6. The van der Waals surface area contributed by atoms with Gasteiger partial charge in [-0.2, -0.15) is 0 Å². The second-order valence-corrected chi connectivity index (χ2v) is 4.39. The maximum Gasteiger partial charge on any atom is 0.188 e. The van der Waals surface area contributed by atoms with Gasteiger partial charge in [-0.05, 0) is 39.7 Å². The minimum absolute atomic E-state index is 0.0467. The first-order chi connectivity index (χ1) is 7.40. The Kier molecular flexibility index (Phi) is 3.74. The molecule has 2 nitrogen and oxygen atoms in total. The molecule has 0 saturated heterocycles. The van der Waals surface area contributed by atoms with Crippen LogP contribution in [-0.4, -0.2) is 11.9 Å². The molecule has 0 fully saturated rings. The highest BCUT2D eigenvalue weighted by molar-refractivity contribution is 6.12. The number of Topliss-reactive ketones (excluding diaryl/α,β-unsaturated/α-hetero) is 1. The molecule has 2 heteroatoms. The molecule has 1 aliphatic carbocycles. The lowest BCUT2D eigenvalue weighted by molar-refractivity contribution is -0.112. The van der Waals surface area contributed by atoms with E-state index in [9.17, 15) is 4.79 Å². The van der Waals surface area contributed by atoms with Crippen molar-refractivity contribution < 1.29 is 9.53 Å². The van der Waals surface area contributed by atoms with Gasteiger partial charge in [-0.15, -0.1) is 0 Å². The molecule has 0 radical (unpaired) electrons. The summed E-state index contributed by atoms with van der Waals surface area (Å²) >= 11 is 0. The summed E-state index contributed by atoms with van der Waals surface area (Å²) in [5, 5.41) is 0. The van der Waals surface area contributed by atoms with Crippen LogP contribution < -0.4 is 0 Å². The quantitative estimate of drug-likeness (QED) is 0.680. The van der Waals surface area contributed by atoms with Crippen LogP contribution in [0.5, 0.6) is 0 Å². The van der Waals surface area contributed by atoms with E-state index in [2.05, 4.69) is 6.58 Å². The average molecular weight is 220 g/mol. The van der Waals surface area contributed by atoms with Gasteiger partial charge in [-0.25, -0.2) is 0 Å². The van der Waals surface area contributed by atoms with E-state index in [1.807, 2.05) is 34.6 Å². The Balaban J connectivity index is 3.30. The number of allylic oxidation sites excluding steroid dienone is 4. The first kappa shape index (κ1) is 12.8. The number of ether oxygens (including phenoxy) is 1. The molecule has 0 amide bonds. The van der Waals surface area contributed by atoms with Crippen molar-refractivity contribution in [3.63, 3.8) is 0 Å². The standard InChI is InChI=1S/C14H20O2/c1-7-12-11(6)13(15)9(4)10(5)14(12)16-8(2)3/h8H,6-7H2,1-5H3. The summed E-state index contributed by atoms with van der Waals surface area (Å²) in [5.74, 6) is 0.894. The fraction of sp³-hybridized carbons (Fsp3) is 0.500. The van der Waals surface area contributed by atoms with Crippen LogP contribution in [0.4, 0.5) is 0 Å². The Morgan fingerprint density at radius 3 is 2.25 bits per heavy atom. The van der Waals surface area contributed by atoms with E-state index in [-0.39, 0.29) is 11.9 Å². The van der Waals surface area contributed by atoms with Gasteiger partial charge in [0.1, 0.15) is 5.76 Å². The molecule has 1 aliphatic rings. The summed E-state index contributed by atoms with van der Waals surface area (Å²) in [6, 6.07) is 0. The molecule has 16 heavy (non-hydrogen) atoms. The fourth-order valence-electron chi connectivity index (χ4n) is 1.84. The third-order valence-corrected chi connectivity index (χ3v) is 2.86. The van der Waals surface area contributed by atoms with Crippen molar-refractivity contribution in [2.24, 2.45) is 0 Å². The number of carbonyl (C=O) groups excluding carboxylic acids is 1. The number of rotatable bonds is 3. The monoisotopic (exact) mass is 220 g/mol. The summed E-state index contributed by atoms with van der Waals surface area (Å²) < 4.78 is 5.80. The first-order valence-corrected chi connectivity index (χ1v) is 5.71. The van der Waals surface area contributed by atoms with E-state index in [4.69, 9.17) is 4.74 Å². The Morgan fingerprint density at radius 2 is 1.81 bits per heavy atom. The van der Waals surface area contributed by atoms with Crippen molar-refractivity contribution in [1.29, 1.82) is 0 Å². The van der Waals surface area contributed by atoms with Gasteiger partial charge >= 0.3 is 0 Å². The molecule has 0 N–H and O–H groups in total. The minimum Gasteiger partial charge on any atom is -0.490 e. The van der Waals surface area contributed by atoms with Crippen LogP contribution in [0.3, 0.4) is 0 Å². The third-order valence-electron chi connectivity index (χ3n) is 2.86. The molecule has 88 valence electrons. The second kappa shape index (κ2) is 4.69. The Bertz CT molecular complexity index is 395. The van der Waals surface area contributed by atoms with E-state index in [0.29, 0.717) is 5.57 Å². The summed E-state index contributed by atoms with van der Waals surface area (Å²) in [6.45, 7) is 13.6. The zero-order chi connectivity index (χ0) is 12.5. The molecule has 0 bridgehead atoms. The van der Waals surface area contributed by atoms with E-state index in [1.54, 1.807) is 0 Å². The molecule has 0 aromatic carbocycles. The van der Waals surface area contributed by atoms with Crippen LogP contribution in [0.15, 0.2) is 34.6 Å². The van der Waals surface area contributed by atoms with Gasteiger partial charge in [-0.3, -0.25) is 4.79 Å². The fourth-order valence-corrected chi connectivity index (χ4v) is 1.84. The third kappa shape index (κ3) is 2.11. The highest BCUT2D eigenvalue weighted by Crippen LogP contribution is 2.33. The number of ketones is 1. The van der Waals surface area contributed by atoms with Gasteiger partial charge < -0.3 is 4.74 Å². The summed E-state index contributed by atoms with van der Waals surface area (Å²) in [5.41, 5.74) is 3.23. The lowest BCUT2D eigenvalue weighted by atomic mass is 9.86. The van der Waals surface area contributed by atoms with Crippen LogP contribution in [0.1, 0.15) is 41.0 Å². The van der Waals surface area contributed by atoms with Crippen molar-refractivity contribution in [1.82, 2.24) is 0 Å². The van der Waals surface area contributed by atoms with Crippen molar-refractivity contribution in [2.45, 2.75) is 47.1 Å². The van der Waals surface area contributed by atoms with Crippen LogP contribution in [0.2, 0.25) is 0 Å². The van der Waals surface area contributed by atoms with E-state index >= 15 is 0 Å². The van der Waals surface area contributed by atoms with Crippen molar-refractivity contribution in [2.75, 3.05) is 0 Å². The van der Waals surface area contributed by atoms with Crippen LogP contribution in [0.25, 0.3) is 0 Å². The lowest BCUT2D eigenvalue weighted by Gasteiger charge is -2.25. The first-order valence-electron chi connectivity index (χ1n) is 5.71. The highest BCUT2D eigenvalue weighted by Gasteiger charge is 2.26. The van der Waals surface area contributed by atoms with Gasteiger partial charge in [0.25, 0.3) is 0 Å². The largest absolute Gasteiger partial charge is 0.490 e. The summed E-state index contributed by atoms with van der Waals surface area (Å²) in [4.78, 5) is 11.9. The number of hydrogen-bond donors (Lipinski definition) is 0. The van der Waals surface area contributed by atoms with Crippen LogP contribution >= 0.6 is 0 Å². The molecule has 1 rings (SSSR count). The van der Waals surface area contributed by atoms with Crippen LogP contribution in [-0.2, 0) is 9.53 Å². The molecule has 0 aromatic rings.